The van der Waals surface area contributed by atoms with Crippen LogP contribution in [0, 0.1) is 6.92 Å². The number of aryl methyl sites for hydroxylation is 1. The Bertz CT molecular complexity index is 388. The van der Waals surface area contributed by atoms with Crippen LogP contribution in [0.1, 0.15) is 60.2 Å². The molecule has 2 rings (SSSR count). The quantitative estimate of drug-likeness (QED) is 0.839. The molecule has 2 nitrogen and oxygen atoms in total. The minimum absolute atomic E-state index is 0.0966. The van der Waals surface area contributed by atoms with Crippen molar-refractivity contribution in [1.29, 1.82) is 0 Å². The number of carbonyl (C=O) groups is 1. The van der Waals surface area contributed by atoms with Gasteiger partial charge in [-0.3, -0.25) is 4.79 Å². The zero-order chi connectivity index (χ0) is 13.0. The molecular weight excluding hydrogens is 310 g/mol. The average Bonchev–Trinajstić information content (AvgIpc) is 2.63. The van der Waals surface area contributed by atoms with Gasteiger partial charge < -0.3 is 5.32 Å². The summed E-state index contributed by atoms with van der Waals surface area (Å²) in [5, 5.41) is 3.19. The highest BCUT2D eigenvalue weighted by atomic mass is 79.9. The molecule has 0 spiro atoms. The van der Waals surface area contributed by atoms with E-state index in [1.54, 1.807) is 0 Å². The summed E-state index contributed by atoms with van der Waals surface area (Å²) in [6.45, 7) is 2.02. The Hall–Kier alpha value is -0.350. The Morgan fingerprint density at radius 3 is 2.44 bits per heavy atom. The molecule has 1 aromatic heterocycles. The van der Waals surface area contributed by atoms with Crippen LogP contribution in [0.2, 0.25) is 0 Å². The van der Waals surface area contributed by atoms with Gasteiger partial charge in [-0.05, 0) is 47.3 Å². The van der Waals surface area contributed by atoms with Crippen molar-refractivity contribution >= 4 is 33.2 Å². The van der Waals surface area contributed by atoms with Crippen LogP contribution in [-0.4, -0.2) is 11.9 Å². The SMILES string of the molecule is Cc1cc(C(=O)NC2CCCCCCC2)sc1Br. The van der Waals surface area contributed by atoms with Gasteiger partial charge in [-0.1, -0.05) is 32.1 Å². The van der Waals surface area contributed by atoms with Crippen molar-refractivity contribution in [3.8, 4) is 0 Å². The van der Waals surface area contributed by atoms with Gasteiger partial charge in [0.15, 0.2) is 0 Å². The zero-order valence-electron chi connectivity index (χ0n) is 10.8. The van der Waals surface area contributed by atoms with Gasteiger partial charge in [0, 0.05) is 6.04 Å². The molecule has 1 fully saturated rings. The maximum absolute atomic E-state index is 12.2. The minimum Gasteiger partial charge on any atom is -0.349 e. The zero-order valence-corrected chi connectivity index (χ0v) is 13.2. The predicted molar refractivity (Wildman–Crippen MR) is 80.3 cm³/mol. The van der Waals surface area contributed by atoms with Crippen molar-refractivity contribution < 1.29 is 4.79 Å². The molecule has 0 unspecified atom stereocenters. The van der Waals surface area contributed by atoms with Crippen molar-refractivity contribution in [3.05, 3.63) is 20.3 Å². The molecule has 1 aliphatic carbocycles. The number of amides is 1. The number of halogens is 1. The lowest BCUT2D eigenvalue weighted by Crippen LogP contribution is -2.34. The van der Waals surface area contributed by atoms with E-state index in [4.69, 9.17) is 0 Å². The molecule has 1 amide bonds. The normalized spacial score (nSPS) is 18.1. The van der Waals surface area contributed by atoms with Crippen LogP contribution in [0.5, 0.6) is 0 Å². The van der Waals surface area contributed by atoms with Crippen molar-refractivity contribution in [2.24, 2.45) is 0 Å². The predicted octanol–water partition coefficient (Wildman–Crippen LogP) is 4.66. The van der Waals surface area contributed by atoms with E-state index in [1.807, 2.05) is 13.0 Å². The highest BCUT2D eigenvalue weighted by molar-refractivity contribution is 9.11. The fourth-order valence-electron chi connectivity index (χ4n) is 2.43. The summed E-state index contributed by atoms with van der Waals surface area (Å²) >= 11 is 5.00. The van der Waals surface area contributed by atoms with Gasteiger partial charge in [0.25, 0.3) is 5.91 Å². The molecule has 1 heterocycles. The van der Waals surface area contributed by atoms with Gasteiger partial charge in [-0.2, -0.15) is 0 Å². The van der Waals surface area contributed by atoms with E-state index in [0.29, 0.717) is 6.04 Å². The molecule has 100 valence electrons. The lowest BCUT2D eigenvalue weighted by atomic mass is 9.97. The Labute approximate surface area is 121 Å². The fraction of sp³-hybridized carbons (Fsp3) is 0.643. The van der Waals surface area contributed by atoms with Crippen LogP contribution in [0.4, 0.5) is 0 Å². The second-order valence-electron chi connectivity index (χ2n) is 5.08. The molecule has 4 heteroatoms. The number of thiophene rings is 1. The number of carbonyl (C=O) groups excluding carboxylic acids is 1. The second-order valence-corrected chi connectivity index (χ2v) is 7.45. The summed E-state index contributed by atoms with van der Waals surface area (Å²) in [6.07, 6.45) is 8.76. The summed E-state index contributed by atoms with van der Waals surface area (Å²) in [5.41, 5.74) is 1.14. The molecule has 1 saturated carbocycles. The van der Waals surface area contributed by atoms with Gasteiger partial charge in [-0.15, -0.1) is 11.3 Å². The fourth-order valence-corrected chi connectivity index (χ4v) is 3.87. The second kappa shape index (κ2) is 6.71. The maximum Gasteiger partial charge on any atom is 0.261 e. The van der Waals surface area contributed by atoms with Gasteiger partial charge in [-0.25, -0.2) is 0 Å². The number of rotatable bonds is 2. The Kier molecular flexibility index (Phi) is 5.25. The van der Waals surface area contributed by atoms with Crippen LogP contribution in [0.25, 0.3) is 0 Å². The molecular formula is C14H20BrNOS. The largest absolute Gasteiger partial charge is 0.349 e. The highest BCUT2D eigenvalue weighted by Gasteiger charge is 2.17. The first-order valence-corrected chi connectivity index (χ1v) is 8.34. The maximum atomic E-state index is 12.2. The van der Waals surface area contributed by atoms with Crippen molar-refractivity contribution in [1.82, 2.24) is 5.32 Å². The van der Waals surface area contributed by atoms with Crippen LogP contribution in [-0.2, 0) is 0 Å². The Balaban J connectivity index is 1.93. The first-order valence-electron chi connectivity index (χ1n) is 6.73. The molecule has 0 bridgehead atoms. The third-order valence-electron chi connectivity index (χ3n) is 3.52. The number of hydrogen-bond donors (Lipinski definition) is 1. The van der Waals surface area contributed by atoms with E-state index in [2.05, 4.69) is 21.2 Å². The first kappa shape index (κ1) is 14.1. The van der Waals surface area contributed by atoms with Gasteiger partial charge >= 0.3 is 0 Å². The molecule has 18 heavy (non-hydrogen) atoms. The third kappa shape index (κ3) is 3.82. The van der Waals surface area contributed by atoms with E-state index in [0.717, 1.165) is 27.1 Å². The van der Waals surface area contributed by atoms with Crippen LogP contribution < -0.4 is 5.32 Å². The molecule has 0 aliphatic heterocycles. The summed E-state index contributed by atoms with van der Waals surface area (Å²) in [7, 11) is 0. The van der Waals surface area contributed by atoms with Gasteiger partial charge in [0.05, 0.1) is 8.66 Å². The average molecular weight is 330 g/mol. The number of hydrogen-bond acceptors (Lipinski definition) is 2. The third-order valence-corrected chi connectivity index (χ3v) is 5.66. The lowest BCUT2D eigenvalue weighted by Gasteiger charge is -2.20. The van der Waals surface area contributed by atoms with E-state index in [-0.39, 0.29) is 5.91 Å². The molecule has 1 N–H and O–H groups in total. The monoisotopic (exact) mass is 329 g/mol. The number of nitrogens with one attached hydrogen (secondary N) is 1. The van der Waals surface area contributed by atoms with E-state index in [9.17, 15) is 4.79 Å². The topological polar surface area (TPSA) is 29.1 Å². The smallest absolute Gasteiger partial charge is 0.261 e. The van der Waals surface area contributed by atoms with Gasteiger partial charge in [0.2, 0.25) is 0 Å². The first-order chi connectivity index (χ1) is 8.66. The summed E-state index contributed by atoms with van der Waals surface area (Å²) < 4.78 is 1.06. The lowest BCUT2D eigenvalue weighted by molar-refractivity contribution is 0.0934. The molecule has 1 aliphatic rings. The molecule has 0 atom stereocenters. The van der Waals surface area contributed by atoms with E-state index in [1.165, 1.54) is 43.4 Å². The molecule has 1 aromatic rings. The van der Waals surface area contributed by atoms with Gasteiger partial charge in [0.1, 0.15) is 0 Å². The van der Waals surface area contributed by atoms with Crippen molar-refractivity contribution in [3.63, 3.8) is 0 Å². The van der Waals surface area contributed by atoms with Crippen LogP contribution >= 0.6 is 27.3 Å². The molecule has 0 radical (unpaired) electrons. The Morgan fingerprint density at radius 1 is 1.28 bits per heavy atom. The van der Waals surface area contributed by atoms with Crippen LogP contribution in [0.3, 0.4) is 0 Å². The summed E-state index contributed by atoms with van der Waals surface area (Å²) in [5.74, 6) is 0.0966. The standard InChI is InChI=1S/C14H20BrNOS/c1-10-9-12(18-13(10)15)14(17)16-11-7-5-3-2-4-6-8-11/h9,11H,2-8H2,1H3,(H,16,17). The highest BCUT2D eigenvalue weighted by Crippen LogP contribution is 2.27. The molecule has 0 saturated heterocycles. The summed E-state index contributed by atoms with van der Waals surface area (Å²) in [6, 6.07) is 2.34. The van der Waals surface area contributed by atoms with E-state index < -0.39 is 0 Å². The minimum atomic E-state index is 0.0966. The molecule has 0 aromatic carbocycles. The van der Waals surface area contributed by atoms with Crippen LogP contribution in [0.15, 0.2) is 9.85 Å². The Morgan fingerprint density at radius 2 is 1.89 bits per heavy atom. The summed E-state index contributed by atoms with van der Waals surface area (Å²) in [4.78, 5) is 13.0. The van der Waals surface area contributed by atoms with E-state index >= 15 is 0 Å². The van der Waals surface area contributed by atoms with Crippen molar-refractivity contribution in [2.75, 3.05) is 0 Å². The van der Waals surface area contributed by atoms with Crippen molar-refractivity contribution in [2.45, 2.75) is 57.9 Å².